The van der Waals surface area contributed by atoms with Crippen LogP contribution in [-0.2, 0) is 16.1 Å². The second-order valence-electron chi connectivity index (χ2n) is 6.68. The van der Waals surface area contributed by atoms with Crippen molar-refractivity contribution in [3.05, 3.63) is 46.6 Å². The highest BCUT2D eigenvalue weighted by Crippen LogP contribution is 2.36. The zero-order valence-corrected chi connectivity index (χ0v) is 18.1. The van der Waals surface area contributed by atoms with Crippen LogP contribution in [0.15, 0.2) is 29.6 Å². The van der Waals surface area contributed by atoms with E-state index in [1.807, 2.05) is 50.4 Å². The second-order valence-corrected chi connectivity index (χ2v) is 7.54. The molecule has 0 radical (unpaired) electrons. The maximum atomic E-state index is 12.6. The standard InChI is InChI=1S/C22H25N3O3S/c1-6-25-13(3)19(20(14(25)4)22(27)28-7-2)18-12-29-21(24-18)16-8-10-17(11-9-16)23-15(5)26/h8-12H,6-7H2,1-5H3,(H,23,26). The van der Waals surface area contributed by atoms with Crippen LogP contribution in [0.5, 0.6) is 0 Å². The predicted octanol–water partition coefficient (Wildman–Crippen LogP) is 5.05. The number of carbonyl (C=O) groups is 2. The summed E-state index contributed by atoms with van der Waals surface area (Å²) >= 11 is 1.52. The van der Waals surface area contributed by atoms with Crippen molar-refractivity contribution < 1.29 is 14.3 Å². The average molecular weight is 412 g/mol. The summed E-state index contributed by atoms with van der Waals surface area (Å²) < 4.78 is 7.42. The van der Waals surface area contributed by atoms with Gasteiger partial charge in [0.05, 0.1) is 17.9 Å². The summed E-state index contributed by atoms with van der Waals surface area (Å²) in [6.07, 6.45) is 0. The van der Waals surface area contributed by atoms with Gasteiger partial charge in [0.25, 0.3) is 0 Å². The molecule has 1 amide bonds. The third-order valence-electron chi connectivity index (χ3n) is 4.79. The predicted molar refractivity (Wildman–Crippen MR) is 116 cm³/mol. The van der Waals surface area contributed by atoms with E-state index in [1.54, 1.807) is 0 Å². The molecule has 0 aliphatic rings. The molecular formula is C22H25N3O3S. The Labute approximate surface area is 174 Å². The first kappa shape index (κ1) is 20.8. The molecule has 0 bridgehead atoms. The van der Waals surface area contributed by atoms with E-state index in [-0.39, 0.29) is 11.9 Å². The third kappa shape index (κ3) is 4.10. The molecule has 1 aromatic carbocycles. The first-order valence-electron chi connectivity index (χ1n) is 9.58. The molecule has 0 fully saturated rings. The van der Waals surface area contributed by atoms with E-state index in [1.165, 1.54) is 18.3 Å². The highest BCUT2D eigenvalue weighted by atomic mass is 32.1. The number of thiazole rings is 1. The molecule has 0 spiro atoms. The lowest BCUT2D eigenvalue weighted by Gasteiger charge is -2.05. The largest absolute Gasteiger partial charge is 0.462 e. The highest BCUT2D eigenvalue weighted by molar-refractivity contribution is 7.13. The number of amides is 1. The Kier molecular flexibility index (Phi) is 6.17. The number of aromatic nitrogens is 2. The van der Waals surface area contributed by atoms with Crippen LogP contribution in [0.1, 0.15) is 42.5 Å². The summed E-state index contributed by atoms with van der Waals surface area (Å²) in [5.41, 5.74) is 5.79. The van der Waals surface area contributed by atoms with Crippen LogP contribution in [0.25, 0.3) is 21.8 Å². The van der Waals surface area contributed by atoms with Crippen LogP contribution < -0.4 is 5.32 Å². The Balaban J connectivity index is 2.02. The average Bonchev–Trinajstić information content (AvgIpc) is 3.24. The van der Waals surface area contributed by atoms with Gasteiger partial charge in [-0.3, -0.25) is 4.79 Å². The third-order valence-corrected chi connectivity index (χ3v) is 5.68. The fourth-order valence-corrected chi connectivity index (χ4v) is 4.36. The van der Waals surface area contributed by atoms with Crippen molar-refractivity contribution in [2.45, 2.75) is 41.2 Å². The molecular weight excluding hydrogens is 386 g/mol. The molecule has 0 unspecified atom stereocenters. The normalized spacial score (nSPS) is 10.8. The SMILES string of the molecule is CCOC(=O)c1c(-c2csc(-c3ccc(NC(C)=O)cc3)n2)c(C)n(CC)c1C. The molecule has 6 nitrogen and oxygen atoms in total. The van der Waals surface area contributed by atoms with E-state index in [0.717, 1.165) is 45.4 Å². The fraction of sp³-hybridized carbons (Fsp3) is 0.318. The summed E-state index contributed by atoms with van der Waals surface area (Å²) in [5.74, 6) is -0.420. The Hall–Kier alpha value is -2.93. The molecule has 0 aliphatic heterocycles. The topological polar surface area (TPSA) is 73.2 Å². The number of nitrogens with one attached hydrogen (secondary N) is 1. The molecule has 3 rings (SSSR count). The monoisotopic (exact) mass is 411 g/mol. The van der Waals surface area contributed by atoms with Crippen LogP contribution in [-0.4, -0.2) is 28.0 Å². The minimum atomic E-state index is -0.315. The van der Waals surface area contributed by atoms with Gasteiger partial charge in [0, 0.05) is 47.1 Å². The smallest absolute Gasteiger partial charge is 0.340 e. The second kappa shape index (κ2) is 8.61. The van der Waals surface area contributed by atoms with E-state index in [9.17, 15) is 9.59 Å². The molecule has 0 aliphatic carbocycles. The van der Waals surface area contributed by atoms with Gasteiger partial charge in [-0.2, -0.15) is 0 Å². The van der Waals surface area contributed by atoms with Gasteiger partial charge in [0.2, 0.25) is 5.91 Å². The molecule has 7 heteroatoms. The first-order valence-corrected chi connectivity index (χ1v) is 10.5. The Morgan fingerprint density at radius 3 is 2.41 bits per heavy atom. The quantitative estimate of drug-likeness (QED) is 0.576. The van der Waals surface area contributed by atoms with E-state index in [2.05, 4.69) is 16.8 Å². The van der Waals surface area contributed by atoms with Gasteiger partial charge in [-0.1, -0.05) is 0 Å². The van der Waals surface area contributed by atoms with Gasteiger partial charge < -0.3 is 14.6 Å². The molecule has 0 saturated heterocycles. The lowest BCUT2D eigenvalue weighted by Crippen LogP contribution is -2.08. The van der Waals surface area contributed by atoms with Crippen molar-refractivity contribution in [2.75, 3.05) is 11.9 Å². The van der Waals surface area contributed by atoms with Gasteiger partial charge in [-0.05, 0) is 52.0 Å². The fourth-order valence-electron chi connectivity index (χ4n) is 3.54. The molecule has 2 aromatic heterocycles. The van der Waals surface area contributed by atoms with E-state index in [0.29, 0.717) is 12.2 Å². The Bertz CT molecular complexity index is 1050. The summed E-state index contributed by atoms with van der Waals surface area (Å²) in [5, 5.41) is 5.59. The van der Waals surface area contributed by atoms with Gasteiger partial charge in [-0.25, -0.2) is 9.78 Å². The van der Waals surface area contributed by atoms with Crippen LogP contribution in [0.3, 0.4) is 0 Å². The van der Waals surface area contributed by atoms with Crippen molar-refractivity contribution in [1.82, 2.24) is 9.55 Å². The highest BCUT2D eigenvalue weighted by Gasteiger charge is 2.26. The summed E-state index contributed by atoms with van der Waals surface area (Å²) in [4.78, 5) is 28.6. The number of anilines is 1. The van der Waals surface area contributed by atoms with Gasteiger partial charge in [-0.15, -0.1) is 11.3 Å². The number of benzene rings is 1. The van der Waals surface area contributed by atoms with E-state index in [4.69, 9.17) is 9.72 Å². The molecule has 0 saturated carbocycles. The van der Waals surface area contributed by atoms with Crippen molar-refractivity contribution in [1.29, 1.82) is 0 Å². The molecule has 29 heavy (non-hydrogen) atoms. The van der Waals surface area contributed by atoms with Gasteiger partial charge >= 0.3 is 5.97 Å². The number of carbonyl (C=O) groups excluding carboxylic acids is 2. The maximum absolute atomic E-state index is 12.6. The van der Waals surface area contributed by atoms with Crippen molar-refractivity contribution in [3.63, 3.8) is 0 Å². The van der Waals surface area contributed by atoms with Crippen LogP contribution >= 0.6 is 11.3 Å². The molecule has 3 aromatic rings. The van der Waals surface area contributed by atoms with E-state index < -0.39 is 0 Å². The lowest BCUT2D eigenvalue weighted by atomic mass is 10.1. The van der Waals surface area contributed by atoms with Gasteiger partial charge in [0.15, 0.2) is 0 Å². The minimum absolute atomic E-state index is 0.105. The van der Waals surface area contributed by atoms with Crippen molar-refractivity contribution >= 4 is 28.9 Å². The summed E-state index contributed by atoms with van der Waals surface area (Å²) in [7, 11) is 0. The zero-order chi connectivity index (χ0) is 21.1. The number of rotatable bonds is 6. The Morgan fingerprint density at radius 1 is 1.14 bits per heavy atom. The van der Waals surface area contributed by atoms with Crippen LogP contribution in [0.4, 0.5) is 5.69 Å². The number of ether oxygens (including phenoxy) is 1. The maximum Gasteiger partial charge on any atom is 0.340 e. The van der Waals surface area contributed by atoms with Gasteiger partial charge in [0.1, 0.15) is 5.01 Å². The molecule has 0 atom stereocenters. The van der Waals surface area contributed by atoms with Crippen LogP contribution in [0.2, 0.25) is 0 Å². The summed E-state index contributed by atoms with van der Waals surface area (Å²) in [6.45, 7) is 10.4. The van der Waals surface area contributed by atoms with Crippen LogP contribution in [0, 0.1) is 13.8 Å². The first-order chi connectivity index (χ1) is 13.9. The number of nitrogens with zero attached hydrogens (tertiary/aromatic N) is 2. The van der Waals surface area contributed by atoms with E-state index >= 15 is 0 Å². The molecule has 2 heterocycles. The number of hydrogen-bond acceptors (Lipinski definition) is 5. The molecule has 152 valence electrons. The summed E-state index contributed by atoms with van der Waals surface area (Å²) in [6, 6.07) is 7.56. The number of hydrogen-bond donors (Lipinski definition) is 1. The van der Waals surface area contributed by atoms with Crippen molar-refractivity contribution in [3.8, 4) is 21.8 Å². The van der Waals surface area contributed by atoms with Crippen molar-refractivity contribution in [2.24, 2.45) is 0 Å². The Morgan fingerprint density at radius 2 is 1.83 bits per heavy atom. The zero-order valence-electron chi connectivity index (χ0n) is 17.3. The number of esters is 1. The molecule has 1 N–H and O–H groups in total. The minimum Gasteiger partial charge on any atom is -0.462 e. The lowest BCUT2D eigenvalue weighted by molar-refractivity contribution is -0.114.